The van der Waals surface area contributed by atoms with E-state index in [0.29, 0.717) is 23.6 Å². The Labute approximate surface area is 155 Å². The number of amides is 1. The van der Waals surface area contributed by atoms with Gasteiger partial charge in [-0.2, -0.15) is 0 Å². The Morgan fingerprint density at radius 3 is 2.59 bits per heavy atom. The standard InChI is InChI=1S/C20H18FN3O3/c1-24-18(25)6-4-16(20(22)26)19(24)17-5-3-12(11-23-17)7-13-8-14(21)10-15(9-13)27-2/h3-6,8-11H,7H2,1-2H3,(H2,22,26). The molecule has 27 heavy (non-hydrogen) atoms. The second kappa shape index (κ2) is 7.41. The number of rotatable bonds is 5. The van der Waals surface area contributed by atoms with Gasteiger partial charge in [-0.3, -0.25) is 14.6 Å². The second-order valence-electron chi connectivity index (χ2n) is 6.08. The van der Waals surface area contributed by atoms with Crippen molar-refractivity contribution in [3.8, 4) is 17.1 Å². The number of aromatic nitrogens is 2. The number of pyridine rings is 2. The Morgan fingerprint density at radius 2 is 1.96 bits per heavy atom. The van der Waals surface area contributed by atoms with Crippen LogP contribution in [0, 0.1) is 5.82 Å². The minimum Gasteiger partial charge on any atom is -0.497 e. The third-order valence-electron chi connectivity index (χ3n) is 4.22. The van der Waals surface area contributed by atoms with Gasteiger partial charge in [0.1, 0.15) is 11.6 Å². The normalized spacial score (nSPS) is 10.6. The second-order valence-corrected chi connectivity index (χ2v) is 6.08. The van der Waals surface area contributed by atoms with E-state index in [4.69, 9.17) is 10.5 Å². The molecule has 2 aromatic heterocycles. The zero-order valence-corrected chi connectivity index (χ0v) is 14.9. The summed E-state index contributed by atoms with van der Waals surface area (Å²) in [6, 6.07) is 10.7. The lowest BCUT2D eigenvalue weighted by molar-refractivity contribution is 0.1000. The van der Waals surface area contributed by atoms with Gasteiger partial charge in [0.2, 0.25) is 0 Å². The monoisotopic (exact) mass is 367 g/mol. The van der Waals surface area contributed by atoms with Gasteiger partial charge in [0.15, 0.2) is 0 Å². The molecule has 0 aliphatic rings. The number of nitrogens with zero attached hydrogens (tertiary/aromatic N) is 2. The molecule has 0 aliphatic heterocycles. The molecule has 0 unspecified atom stereocenters. The Kier molecular flexibility index (Phi) is 5.03. The number of methoxy groups -OCH3 is 1. The molecule has 6 nitrogen and oxygen atoms in total. The fourth-order valence-electron chi connectivity index (χ4n) is 2.89. The van der Waals surface area contributed by atoms with Crippen molar-refractivity contribution in [3.63, 3.8) is 0 Å². The molecule has 0 atom stereocenters. The van der Waals surface area contributed by atoms with Crippen molar-refractivity contribution >= 4 is 5.91 Å². The van der Waals surface area contributed by atoms with Crippen molar-refractivity contribution in [3.05, 3.63) is 81.5 Å². The van der Waals surface area contributed by atoms with Gasteiger partial charge in [0.25, 0.3) is 11.5 Å². The summed E-state index contributed by atoms with van der Waals surface area (Å²) in [6.07, 6.45) is 2.08. The van der Waals surface area contributed by atoms with E-state index in [1.165, 1.54) is 35.9 Å². The minimum absolute atomic E-state index is 0.215. The van der Waals surface area contributed by atoms with E-state index in [1.807, 2.05) is 6.07 Å². The fraction of sp³-hybridized carbons (Fsp3) is 0.150. The average molecular weight is 367 g/mol. The molecule has 0 saturated carbocycles. The number of hydrogen-bond donors (Lipinski definition) is 1. The molecule has 0 saturated heterocycles. The fourth-order valence-corrected chi connectivity index (χ4v) is 2.89. The highest BCUT2D eigenvalue weighted by Gasteiger charge is 2.15. The molecule has 0 aliphatic carbocycles. The van der Waals surface area contributed by atoms with Crippen molar-refractivity contribution in [1.29, 1.82) is 0 Å². The molecule has 3 aromatic rings. The van der Waals surface area contributed by atoms with E-state index >= 15 is 0 Å². The third kappa shape index (κ3) is 3.87. The highest BCUT2D eigenvalue weighted by Crippen LogP contribution is 2.22. The zero-order valence-electron chi connectivity index (χ0n) is 14.9. The first kappa shape index (κ1) is 18.3. The summed E-state index contributed by atoms with van der Waals surface area (Å²) in [7, 11) is 3.04. The number of carbonyl (C=O) groups is 1. The van der Waals surface area contributed by atoms with E-state index in [2.05, 4.69) is 4.98 Å². The van der Waals surface area contributed by atoms with Gasteiger partial charge in [-0.1, -0.05) is 6.07 Å². The zero-order chi connectivity index (χ0) is 19.6. The van der Waals surface area contributed by atoms with Gasteiger partial charge in [0, 0.05) is 25.4 Å². The van der Waals surface area contributed by atoms with Crippen molar-refractivity contribution in [1.82, 2.24) is 9.55 Å². The number of nitrogens with two attached hydrogens (primary N) is 1. The molecule has 3 rings (SSSR count). The first-order valence-electron chi connectivity index (χ1n) is 8.17. The molecule has 1 aromatic carbocycles. The molecular formula is C20H18FN3O3. The highest BCUT2D eigenvalue weighted by atomic mass is 19.1. The average Bonchev–Trinajstić information content (AvgIpc) is 2.64. The summed E-state index contributed by atoms with van der Waals surface area (Å²) in [5, 5.41) is 0. The number of benzene rings is 1. The molecule has 0 radical (unpaired) electrons. The van der Waals surface area contributed by atoms with Crippen molar-refractivity contribution in [2.24, 2.45) is 12.8 Å². The first-order valence-corrected chi connectivity index (χ1v) is 8.17. The summed E-state index contributed by atoms with van der Waals surface area (Å²) in [6.45, 7) is 0. The van der Waals surface area contributed by atoms with Gasteiger partial charge in [-0.15, -0.1) is 0 Å². The van der Waals surface area contributed by atoms with Crippen LogP contribution in [0.1, 0.15) is 21.5 Å². The van der Waals surface area contributed by atoms with Gasteiger partial charge in [0.05, 0.1) is 24.1 Å². The Morgan fingerprint density at radius 1 is 1.19 bits per heavy atom. The van der Waals surface area contributed by atoms with Crippen LogP contribution in [0.25, 0.3) is 11.4 Å². The van der Waals surface area contributed by atoms with Crippen molar-refractivity contribution in [2.45, 2.75) is 6.42 Å². The van der Waals surface area contributed by atoms with Crippen LogP contribution in [0.2, 0.25) is 0 Å². The van der Waals surface area contributed by atoms with Gasteiger partial charge in [-0.05, 0) is 41.8 Å². The van der Waals surface area contributed by atoms with Crippen molar-refractivity contribution in [2.75, 3.05) is 7.11 Å². The van der Waals surface area contributed by atoms with E-state index in [-0.39, 0.29) is 16.9 Å². The molecule has 0 bridgehead atoms. The maximum atomic E-state index is 13.6. The van der Waals surface area contributed by atoms with Crippen LogP contribution >= 0.6 is 0 Å². The maximum Gasteiger partial charge on any atom is 0.250 e. The number of ether oxygens (including phenoxy) is 1. The largest absolute Gasteiger partial charge is 0.497 e. The number of halogens is 1. The van der Waals surface area contributed by atoms with E-state index < -0.39 is 5.91 Å². The van der Waals surface area contributed by atoms with Crippen LogP contribution in [-0.2, 0) is 13.5 Å². The Balaban J connectivity index is 1.95. The summed E-state index contributed by atoms with van der Waals surface area (Å²) >= 11 is 0. The van der Waals surface area contributed by atoms with Crippen LogP contribution in [0.4, 0.5) is 4.39 Å². The Bertz CT molecular complexity index is 1060. The van der Waals surface area contributed by atoms with E-state index in [1.54, 1.807) is 25.4 Å². The van der Waals surface area contributed by atoms with Crippen LogP contribution in [0.5, 0.6) is 5.75 Å². The number of carbonyl (C=O) groups excluding carboxylic acids is 1. The number of primary amides is 1. The van der Waals surface area contributed by atoms with Gasteiger partial charge < -0.3 is 15.0 Å². The SMILES string of the molecule is COc1cc(F)cc(Cc2ccc(-c3c(C(N)=O)ccc(=O)n3C)nc2)c1. The first-order chi connectivity index (χ1) is 12.9. The molecule has 2 heterocycles. The summed E-state index contributed by atoms with van der Waals surface area (Å²) in [5.74, 6) is -0.572. The summed E-state index contributed by atoms with van der Waals surface area (Å²) in [5.41, 5.74) is 7.75. The third-order valence-corrected chi connectivity index (χ3v) is 4.22. The van der Waals surface area contributed by atoms with E-state index in [9.17, 15) is 14.0 Å². The predicted octanol–water partition coefficient (Wildman–Crippen LogP) is 2.28. The minimum atomic E-state index is -0.640. The summed E-state index contributed by atoms with van der Waals surface area (Å²) < 4.78 is 20.0. The molecular weight excluding hydrogens is 349 g/mol. The maximum absolute atomic E-state index is 13.6. The molecule has 0 spiro atoms. The van der Waals surface area contributed by atoms with Gasteiger partial charge in [-0.25, -0.2) is 4.39 Å². The van der Waals surface area contributed by atoms with Crippen LogP contribution < -0.4 is 16.0 Å². The lowest BCUT2D eigenvalue weighted by atomic mass is 10.0. The molecule has 1 amide bonds. The van der Waals surface area contributed by atoms with Gasteiger partial charge >= 0.3 is 0 Å². The number of hydrogen-bond acceptors (Lipinski definition) is 4. The van der Waals surface area contributed by atoms with Crippen LogP contribution in [-0.4, -0.2) is 22.6 Å². The van der Waals surface area contributed by atoms with Crippen LogP contribution in [0.3, 0.4) is 0 Å². The summed E-state index contributed by atoms with van der Waals surface area (Å²) in [4.78, 5) is 28.0. The molecule has 2 N–H and O–H groups in total. The highest BCUT2D eigenvalue weighted by molar-refractivity contribution is 5.98. The van der Waals surface area contributed by atoms with Crippen molar-refractivity contribution < 1.29 is 13.9 Å². The molecule has 0 fully saturated rings. The lowest BCUT2D eigenvalue weighted by Crippen LogP contribution is -2.23. The Hall–Kier alpha value is -3.48. The lowest BCUT2D eigenvalue weighted by Gasteiger charge is -2.12. The quantitative estimate of drug-likeness (QED) is 0.749. The van der Waals surface area contributed by atoms with Crippen LogP contribution in [0.15, 0.2) is 53.5 Å². The van der Waals surface area contributed by atoms with E-state index in [0.717, 1.165) is 11.1 Å². The molecule has 138 valence electrons. The molecule has 7 heteroatoms. The predicted molar refractivity (Wildman–Crippen MR) is 99.2 cm³/mol. The smallest absolute Gasteiger partial charge is 0.250 e. The topological polar surface area (TPSA) is 87.2 Å².